The lowest BCUT2D eigenvalue weighted by atomic mass is 10.1. The minimum absolute atomic E-state index is 0.139. The number of rotatable bonds is 5. The zero-order chi connectivity index (χ0) is 17.8. The van der Waals surface area contributed by atoms with Crippen molar-refractivity contribution in [3.63, 3.8) is 0 Å². The summed E-state index contributed by atoms with van der Waals surface area (Å²) in [6.45, 7) is 6.26. The van der Waals surface area contributed by atoms with Crippen molar-refractivity contribution < 1.29 is 4.79 Å². The molecule has 1 aromatic carbocycles. The van der Waals surface area contributed by atoms with E-state index in [9.17, 15) is 4.79 Å². The van der Waals surface area contributed by atoms with Crippen LogP contribution >= 0.6 is 34.5 Å². The van der Waals surface area contributed by atoms with Crippen LogP contribution in [-0.2, 0) is 24.2 Å². The topological polar surface area (TPSA) is 36.4 Å². The molecular formula is C18H21Cl2N3OS. The highest BCUT2D eigenvalue weighted by atomic mass is 35.5. The lowest BCUT2D eigenvalue weighted by molar-refractivity contribution is -0.132. The van der Waals surface area contributed by atoms with Gasteiger partial charge in [0.15, 0.2) is 0 Å². The zero-order valence-corrected chi connectivity index (χ0v) is 16.5. The third-order valence-corrected chi connectivity index (χ3v) is 6.13. The summed E-state index contributed by atoms with van der Waals surface area (Å²) in [5, 5.41) is 4.33. The molecule has 1 saturated heterocycles. The zero-order valence-electron chi connectivity index (χ0n) is 14.2. The maximum Gasteiger partial charge on any atom is 0.227 e. The van der Waals surface area contributed by atoms with Crippen LogP contribution in [0.3, 0.4) is 0 Å². The van der Waals surface area contributed by atoms with Gasteiger partial charge in [-0.15, -0.1) is 11.3 Å². The second kappa shape index (κ2) is 8.49. The summed E-state index contributed by atoms with van der Waals surface area (Å²) in [5.74, 6) is 0.139. The molecule has 0 spiro atoms. The third kappa shape index (κ3) is 4.94. The summed E-state index contributed by atoms with van der Waals surface area (Å²) in [5.41, 5.74) is 2.04. The highest BCUT2D eigenvalue weighted by molar-refractivity contribution is 7.09. The molecule has 0 N–H and O–H groups in total. The molecule has 0 aliphatic carbocycles. The Kier molecular flexibility index (Phi) is 6.34. The number of amides is 1. The van der Waals surface area contributed by atoms with Crippen LogP contribution in [0.4, 0.5) is 0 Å². The molecule has 0 unspecified atom stereocenters. The standard InChI is InChI=1S/C18H21Cl2N3OS/c1-2-17-21-14(12-25-17)11-22-5-7-23(8-6-22)18(24)10-13-3-4-15(19)16(20)9-13/h3-4,9,12H,2,5-8,10-11H2,1H3. The summed E-state index contributed by atoms with van der Waals surface area (Å²) >= 11 is 13.7. The SMILES string of the molecule is CCc1nc(CN2CCN(C(=O)Cc3ccc(Cl)c(Cl)c3)CC2)cs1. The Balaban J connectivity index is 1.49. The Morgan fingerprint density at radius 3 is 2.60 bits per heavy atom. The number of aryl methyl sites for hydroxylation is 1. The Bertz CT molecular complexity index is 742. The van der Waals surface area contributed by atoms with Gasteiger partial charge in [0, 0.05) is 38.1 Å². The van der Waals surface area contributed by atoms with E-state index in [0.29, 0.717) is 16.5 Å². The molecule has 7 heteroatoms. The number of thiazole rings is 1. The van der Waals surface area contributed by atoms with E-state index in [4.69, 9.17) is 23.2 Å². The molecule has 0 bridgehead atoms. The van der Waals surface area contributed by atoms with E-state index in [2.05, 4.69) is 22.2 Å². The average molecular weight is 398 g/mol. The van der Waals surface area contributed by atoms with E-state index in [-0.39, 0.29) is 5.91 Å². The van der Waals surface area contributed by atoms with E-state index >= 15 is 0 Å². The van der Waals surface area contributed by atoms with Crippen LogP contribution < -0.4 is 0 Å². The first-order valence-electron chi connectivity index (χ1n) is 8.42. The van der Waals surface area contributed by atoms with Gasteiger partial charge in [-0.25, -0.2) is 4.98 Å². The molecule has 1 aromatic heterocycles. The molecule has 1 amide bonds. The molecule has 2 heterocycles. The first-order valence-corrected chi connectivity index (χ1v) is 10.1. The largest absolute Gasteiger partial charge is 0.340 e. The second-order valence-corrected chi connectivity index (χ2v) is 7.93. The Morgan fingerprint density at radius 2 is 1.96 bits per heavy atom. The van der Waals surface area contributed by atoms with E-state index in [0.717, 1.165) is 50.4 Å². The van der Waals surface area contributed by atoms with Gasteiger partial charge < -0.3 is 4.90 Å². The summed E-state index contributed by atoms with van der Waals surface area (Å²) in [6, 6.07) is 5.37. The molecule has 0 saturated carbocycles. The third-order valence-electron chi connectivity index (χ3n) is 4.35. The molecular weight excluding hydrogens is 377 g/mol. The fraction of sp³-hybridized carbons (Fsp3) is 0.444. The normalized spacial score (nSPS) is 15.6. The van der Waals surface area contributed by atoms with E-state index in [1.54, 1.807) is 23.5 Å². The fourth-order valence-corrected chi connectivity index (χ4v) is 3.96. The van der Waals surface area contributed by atoms with Crippen LogP contribution in [0, 0.1) is 0 Å². The van der Waals surface area contributed by atoms with Crippen molar-refractivity contribution in [2.24, 2.45) is 0 Å². The number of aromatic nitrogens is 1. The van der Waals surface area contributed by atoms with Crippen LogP contribution in [0.15, 0.2) is 23.6 Å². The number of hydrogen-bond donors (Lipinski definition) is 0. The smallest absolute Gasteiger partial charge is 0.227 e. The lowest BCUT2D eigenvalue weighted by Crippen LogP contribution is -2.48. The maximum atomic E-state index is 12.5. The number of piperazine rings is 1. The van der Waals surface area contributed by atoms with E-state index in [1.165, 1.54) is 5.01 Å². The number of hydrogen-bond acceptors (Lipinski definition) is 4. The van der Waals surface area contributed by atoms with Crippen LogP contribution in [0.5, 0.6) is 0 Å². The highest BCUT2D eigenvalue weighted by Crippen LogP contribution is 2.23. The van der Waals surface area contributed by atoms with Crippen molar-refractivity contribution in [2.75, 3.05) is 26.2 Å². The summed E-state index contributed by atoms with van der Waals surface area (Å²) in [6.07, 6.45) is 1.35. The van der Waals surface area contributed by atoms with Crippen LogP contribution in [0.1, 0.15) is 23.2 Å². The maximum absolute atomic E-state index is 12.5. The van der Waals surface area contributed by atoms with Crippen molar-refractivity contribution in [3.05, 3.63) is 49.9 Å². The van der Waals surface area contributed by atoms with Gasteiger partial charge in [0.1, 0.15) is 0 Å². The van der Waals surface area contributed by atoms with Crippen molar-refractivity contribution in [1.82, 2.24) is 14.8 Å². The monoisotopic (exact) mass is 397 g/mol. The van der Waals surface area contributed by atoms with Gasteiger partial charge in [0.05, 0.1) is 27.2 Å². The van der Waals surface area contributed by atoms with Crippen LogP contribution in [-0.4, -0.2) is 46.9 Å². The Hall–Kier alpha value is -1.14. The van der Waals surface area contributed by atoms with Gasteiger partial charge in [0.25, 0.3) is 0 Å². The first-order chi connectivity index (χ1) is 12.0. The molecule has 1 fully saturated rings. The summed E-state index contributed by atoms with van der Waals surface area (Å²) < 4.78 is 0. The molecule has 0 radical (unpaired) electrons. The average Bonchev–Trinajstić information content (AvgIpc) is 3.06. The Labute approximate surface area is 162 Å². The van der Waals surface area contributed by atoms with Gasteiger partial charge >= 0.3 is 0 Å². The first kappa shape index (κ1) is 18.6. The van der Waals surface area contributed by atoms with Gasteiger partial charge in [-0.1, -0.05) is 36.2 Å². The van der Waals surface area contributed by atoms with Gasteiger partial charge in [-0.2, -0.15) is 0 Å². The number of carbonyl (C=O) groups excluding carboxylic acids is 1. The molecule has 1 aliphatic heterocycles. The van der Waals surface area contributed by atoms with Crippen molar-refractivity contribution in [2.45, 2.75) is 26.3 Å². The van der Waals surface area contributed by atoms with Gasteiger partial charge in [-0.3, -0.25) is 9.69 Å². The van der Waals surface area contributed by atoms with Crippen LogP contribution in [0.2, 0.25) is 10.0 Å². The van der Waals surface area contributed by atoms with Gasteiger partial charge in [0.2, 0.25) is 5.91 Å². The molecule has 1 aliphatic rings. The summed E-state index contributed by atoms with van der Waals surface area (Å²) in [7, 11) is 0. The molecule has 2 aromatic rings. The minimum Gasteiger partial charge on any atom is -0.340 e. The number of carbonyl (C=O) groups is 1. The van der Waals surface area contributed by atoms with Crippen molar-refractivity contribution in [1.29, 1.82) is 0 Å². The van der Waals surface area contributed by atoms with Gasteiger partial charge in [-0.05, 0) is 24.1 Å². The molecule has 134 valence electrons. The van der Waals surface area contributed by atoms with Crippen LogP contribution in [0.25, 0.3) is 0 Å². The summed E-state index contributed by atoms with van der Waals surface area (Å²) in [4.78, 5) is 21.4. The lowest BCUT2D eigenvalue weighted by Gasteiger charge is -2.34. The number of benzene rings is 1. The quantitative estimate of drug-likeness (QED) is 0.767. The minimum atomic E-state index is 0.139. The molecule has 25 heavy (non-hydrogen) atoms. The fourth-order valence-electron chi connectivity index (χ4n) is 2.90. The second-order valence-electron chi connectivity index (χ2n) is 6.17. The van der Waals surface area contributed by atoms with Crippen molar-refractivity contribution >= 4 is 40.4 Å². The Morgan fingerprint density at radius 1 is 1.20 bits per heavy atom. The van der Waals surface area contributed by atoms with E-state index in [1.807, 2.05) is 11.0 Å². The molecule has 4 nitrogen and oxygen atoms in total. The van der Waals surface area contributed by atoms with E-state index < -0.39 is 0 Å². The molecule has 3 rings (SSSR count). The number of halogens is 2. The van der Waals surface area contributed by atoms with Crippen molar-refractivity contribution in [3.8, 4) is 0 Å². The predicted molar refractivity (Wildman–Crippen MR) is 104 cm³/mol. The predicted octanol–water partition coefficient (Wildman–Crippen LogP) is 3.90. The number of nitrogens with zero attached hydrogens (tertiary/aromatic N) is 3. The molecule has 0 atom stereocenters. The highest BCUT2D eigenvalue weighted by Gasteiger charge is 2.22.